The molecule has 2 aromatic carbocycles. The second kappa shape index (κ2) is 6.84. The van der Waals surface area contributed by atoms with Crippen LogP contribution in [0.25, 0.3) is 0 Å². The molecule has 2 aromatic rings. The normalized spacial score (nSPS) is 15.5. The predicted octanol–water partition coefficient (Wildman–Crippen LogP) is 3.00. The number of hydrogen-bond donors (Lipinski definition) is 1. The molecule has 3 rings (SSSR count). The first-order chi connectivity index (χ1) is 11.1. The Labute approximate surface area is 137 Å². The summed E-state index contributed by atoms with van der Waals surface area (Å²) in [5, 5.41) is 2.97. The standard InChI is InChI=1S/C19H23N3O/c1-15-5-3-4-6-18(15)19(23)20-16-7-9-17(10-8-16)22-13-11-21(2)12-14-22/h3-10H,11-14H2,1-2H3,(H,20,23). The van der Waals surface area contributed by atoms with Gasteiger partial charge in [0.25, 0.3) is 5.91 Å². The summed E-state index contributed by atoms with van der Waals surface area (Å²) in [6, 6.07) is 15.7. The maximum atomic E-state index is 12.3. The lowest BCUT2D eigenvalue weighted by Crippen LogP contribution is -2.44. The van der Waals surface area contributed by atoms with Crippen LogP contribution in [0.4, 0.5) is 11.4 Å². The van der Waals surface area contributed by atoms with Gasteiger partial charge in [0.1, 0.15) is 0 Å². The van der Waals surface area contributed by atoms with E-state index in [-0.39, 0.29) is 5.91 Å². The monoisotopic (exact) mass is 309 g/mol. The number of carbonyl (C=O) groups is 1. The van der Waals surface area contributed by atoms with E-state index < -0.39 is 0 Å². The largest absolute Gasteiger partial charge is 0.369 e. The minimum absolute atomic E-state index is 0.0598. The van der Waals surface area contributed by atoms with E-state index in [2.05, 4.69) is 34.3 Å². The van der Waals surface area contributed by atoms with Gasteiger partial charge in [-0.2, -0.15) is 0 Å². The van der Waals surface area contributed by atoms with Crippen LogP contribution in [0.3, 0.4) is 0 Å². The van der Waals surface area contributed by atoms with Crippen LogP contribution < -0.4 is 10.2 Å². The van der Waals surface area contributed by atoms with Gasteiger partial charge in [0.15, 0.2) is 0 Å². The van der Waals surface area contributed by atoms with Crippen LogP contribution in [-0.4, -0.2) is 44.0 Å². The van der Waals surface area contributed by atoms with E-state index in [1.54, 1.807) is 0 Å². The van der Waals surface area contributed by atoms with Gasteiger partial charge in [0, 0.05) is 43.1 Å². The van der Waals surface area contributed by atoms with Crippen LogP contribution in [0.15, 0.2) is 48.5 Å². The number of likely N-dealkylation sites (N-methyl/N-ethyl adjacent to an activating group) is 1. The Morgan fingerprint density at radius 3 is 2.26 bits per heavy atom. The molecule has 120 valence electrons. The van der Waals surface area contributed by atoms with Gasteiger partial charge in [-0.3, -0.25) is 4.79 Å². The minimum atomic E-state index is -0.0598. The highest BCUT2D eigenvalue weighted by Gasteiger charge is 2.14. The van der Waals surface area contributed by atoms with E-state index in [9.17, 15) is 4.79 Å². The second-order valence-electron chi connectivity index (χ2n) is 6.11. The molecule has 1 aliphatic rings. The fourth-order valence-corrected chi connectivity index (χ4v) is 2.85. The number of nitrogens with one attached hydrogen (secondary N) is 1. The lowest BCUT2D eigenvalue weighted by molar-refractivity contribution is 0.102. The lowest BCUT2D eigenvalue weighted by atomic mass is 10.1. The summed E-state index contributed by atoms with van der Waals surface area (Å²) in [5.41, 5.74) is 3.75. The first kappa shape index (κ1) is 15.6. The summed E-state index contributed by atoms with van der Waals surface area (Å²) >= 11 is 0. The van der Waals surface area contributed by atoms with Crippen molar-refractivity contribution in [3.8, 4) is 0 Å². The SMILES string of the molecule is Cc1ccccc1C(=O)Nc1ccc(N2CCN(C)CC2)cc1. The van der Waals surface area contributed by atoms with Crippen molar-refractivity contribution in [3.05, 3.63) is 59.7 Å². The van der Waals surface area contributed by atoms with Crippen LogP contribution in [0.2, 0.25) is 0 Å². The highest BCUT2D eigenvalue weighted by molar-refractivity contribution is 6.05. The zero-order chi connectivity index (χ0) is 16.2. The topological polar surface area (TPSA) is 35.6 Å². The minimum Gasteiger partial charge on any atom is -0.369 e. The van der Waals surface area contributed by atoms with Crippen LogP contribution in [0.1, 0.15) is 15.9 Å². The van der Waals surface area contributed by atoms with Gasteiger partial charge in [-0.1, -0.05) is 18.2 Å². The molecule has 1 amide bonds. The summed E-state index contributed by atoms with van der Waals surface area (Å²) in [4.78, 5) is 17.1. The van der Waals surface area contributed by atoms with Crippen molar-refractivity contribution in [1.82, 2.24) is 4.90 Å². The maximum absolute atomic E-state index is 12.3. The number of nitrogens with zero attached hydrogens (tertiary/aromatic N) is 2. The average Bonchev–Trinajstić information content (AvgIpc) is 2.57. The molecule has 0 spiro atoms. The van der Waals surface area contributed by atoms with E-state index in [1.165, 1.54) is 5.69 Å². The summed E-state index contributed by atoms with van der Waals surface area (Å²) in [7, 11) is 2.15. The number of hydrogen-bond acceptors (Lipinski definition) is 3. The van der Waals surface area contributed by atoms with Gasteiger partial charge in [-0.15, -0.1) is 0 Å². The molecule has 0 saturated carbocycles. The Bertz CT molecular complexity index is 673. The van der Waals surface area contributed by atoms with Crippen molar-refractivity contribution in [2.24, 2.45) is 0 Å². The summed E-state index contributed by atoms with van der Waals surface area (Å²) in [6.45, 7) is 6.22. The zero-order valence-electron chi connectivity index (χ0n) is 13.7. The van der Waals surface area contributed by atoms with Crippen LogP contribution in [-0.2, 0) is 0 Å². The fourth-order valence-electron chi connectivity index (χ4n) is 2.85. The molecule has 1 heterocycles. The fraction of sp³-hybridized carbons (Fsp3) is 0.316. The number of aryl methyl sites for hydroxylation is 1. The average molecular weight is 309 g/mol. The molecule has 23 heavy (non-hydrogen) atoms. The first-order valence-electron chi connectivity index (χ1n) is 8.04. The van der Waals surface area contributed by atoms with E-state index in [4.69, 9.17) is 0 Å². The van der Waals surface area contributed by atoms with Gasteiger partial charge in [0.05, 0.1) is 0 Å². The predicted molar refractivity (Wildman–Crippen MR) is 95.3 cm³/mol. The van der Waals surface area contributed by atoms with E-state index in [0.717, 1.165) is 43.0 Å². The molecule has 0 atom stereocenters. The molecule has 0 radical (unpaired) electrons. The van der Waals surface area contributed by atoms with Gasteiger partial charge in [-0.25, -0.2) is 0 Å². The Morgan fingerprint density at radius 2 is 1.61 bits per heavy atom. The number of rotatable bonds is 3. The van der Waals surface area contributed by atoms with Crippen LogP contribution in [0.5, 0.6) is 0 Å². The van der Waals surface area contributed by atoms with Crippen LogP contribution in [0, 0.1) is 6.92 Å². The van der Waals surface area contributed by atoms with E-state index >= 15 is 0 Å². The highest BCUT2D eigenvalue weighted by Crippen LogP contribution is 2.20. The molecule has 4 heteroatoms. The quantitative estimate of drug-likeness (QED) is 0.947. The molecule has 1 aliphatic heterocycles. The van der Waals surface area contributed by atoms with Crippen molar-refractivity contribution in [2.45, 2.75) is 6.92 Å². The Hall–Kier alpha value is -2.33. The third-order valence-electron chi connectivity index (χ3n) is 4.38. The number of piperazine rings is 1. The number of benzene rings is 2. The lowest BCUT2D eigenvalue weighted by Gasteiger charge is -2.34. The first-order valence-corrected chi connectivity index (χ1v) is 8.04. The summed E-state index contributed by atoms with van der Waals surface area (Å²) < 4.78 is 0. The van der Waals surface area contributed by atoms with Crippen molar-refractivity contribution >= 4 is 17.3 Å². The Morgan fingerprint density at radius 1 is 0.957 bits per heavy atom. The molecule has 0 aromatic heterocycles. The van der Waals surface area contributed by atoms with Crippen molar-refractivity contribution in [2.75, 3.05) is 43.4 Å². The zero-order valence-corrected chi connectivity index (χ0v) is 13.7. The molecular formula is C19H23N3O. The Balaban J connectivity index is 1.66. The smallest absolute Gasteiger partial charge is 0.255 e. The van der Waals surface area contributed by atoms with Gasteiger partial charge < -0.3 is 15.1 Å². The maximum Gasteiger partial charge on any atom is 0.255 e. The highest BCUT2D eigenvalue weighted by atomic mass is 16.1. The molecule has 1 saturated heterocycles. The van der Waals surface area contributed by atoms with Crippen molar-refractivity contribution in [3.63, 3.8) is 0 Å². The summed E-state index contributed by atoms with van der Waals surface area (Å²) in [5.74, 6) is -0.0598. The molecule has 1 N–H and O–H groups in total. The Kier molecular flexibility index (Phi) is 4.63. The third kappa shape index (κ3) is 3.71. The molecule has 0 aliphatic carbocycles. The molecule has 0 bridgehead atoms. The third-order valence-corrected chi connectivity index (χ3v) is 4.38. The number of carbonyl (C=O) groups excluding carboxylic acids is 1. The molecular weight excluding hydrogens is 286 g/mol. The van der Waals surface area contributed by atoms with Crippen molar-refractivity contribution < 1.29 is 4.79 Å². The summed E-state index contributed by atoms with van der Waals surface area (Å²) in [6.07, 6.45) is 0. The molecule has 1 fully saturated rings. The molecule has 0 unspecified atom stereocenters. The van der Waals surface area contributed by atoms with Crippen molar-refractivity contribution in [1.29, 1.82) is 0 Å². The van der Waals surface area contributed by atoms with Gasteiger partial charge >= 0.3 is 0 Å². The van der Waals surface area contributed by atoms with Gasteiger partial charge in [-0.05, 0) is 49.9 Å². The number of amides is 1. The van der Waals surface area contributed by atoms with E-state index in [0.29, 0.717) is 0 Å². The second-order valence-corrected chi connectivity index (χ2v) is 6.11. The molecule has 4 nitrogen and oxygen atoms in total. The van der Waals surface area contributed by atoms with Crippen LogP contribution >= 0.6 is 0 Å². The van der Waals surface area contributed by atoms with Gasteiger partial charge in [0.2, 0.25) is 0 Å². The van der Waals surface area contributed by atoms with E-state index in [1.807, 2.05) is 43.3 Å². The number of anilines is 2.